The molecule has 0 aromatic rings. The minimum atomic E-state index is -3.88. The molecule has 2 N–H and O–H groups in total. The van der Waals surface area contributed by atoms with E-state index in [1.165, 1.54) is 0 Å². The summed E-state index contributed by atoms with van der Waals surface area (Å²) < 4.78 is 11.9. The zero-order valence-electron chi connectivity index (χ0n) is 11.9. The Bertz CT molecular complexity index is 222. The van der Waals surface area contributed by atoms with E-state index in [-0.39, 0.29) is 17.0 Å². The van der Waals surface area contributed by atoms with Gasteiger partial charge in [-0.05, 0) is 19.3 Å². The van der Waals surface area contributed by atoms with Crippen LogP contribution in [-0.2, 0) is 4.57 Å². The molecule has 0 amide bonds. The Morgan fingerprint density at radius 2 is 1.11 bits per heavy atom. The molecule has 0 atom stereocenters. The van der Waals surface area contributed by atoms with Crippen molar-refractivity contribution in [2.24, 2.45) is 0 Å². The first-order valence-corrected chi connectivity index (χ1v) is 11.5. The van der Waals surface area contributed by atoms with Crippen LogP contribution in [0.5, 0.6) is 0 Å². The van der Waals surface area contributed by atoms with Crippen molar-refractivity contribution in [1.29, 1.82) is 0 Å². The highest BCUT2D eigenvalue weighted by Crippen LogP contribution is 2.86. The second kappa shape index (κ2) is 10.8. The van der Waals surface area contributed by atoms with E-state index < -0.39 is 14.2 Å². The lowest BCUT2D eigenvalue weighted by Crippen LogP contribution is -3.00. The summed E-state index contributed by atoms with van der Waals surface area (Å²) in [4.78, 5) is 19.5. The zero-order chi connectivity index (χ0) is 13.4. The van der Waals surface area contributed by atoms with Gasteiger partial charge in [0.05, 0.1) is 18.5 Å². The van der Waals surface area contributed by atoms with Gasteiger partial charge in [0.15, 0.2) is 0 Å². The molecule has 0 aliphatic rings. The molecule has 0 aliphatic heterocycles. The first-order chi connectivity index (χ1) is 7.93. The van der Waals surface area contributed by atoms with Crippen LogP contribution in [0.1, 0.15) is 59.3 Å². The maximum atomic E-state index is 11.9. The third-order valence-electron chi connectivity index (χ3n) is 3.34. The lowest BCUT2D eigenvalue weighted by molar-refractivity contribution is -0.00000856. The maximum absolute atomic E-state index is 11.9. The van der Waals surface area contributed by atoms with Crippen LogP contribution in [-0.4, -0.2) is 28.3 Å². The van der Waals surface area contributed by atoms with Crippen LogP contribution in [0.3, 0.4) is 0 Å². The third-order valence-corrected chi connectivity index (χ3v) is 13.0. The lowest BCUT2D eigenvalue weighted by Gasteiger charge is -2.27. The molecule has 112 valence electrons. The number of hydrogen-bond donors (Lipinski definition) is 2. The Morgan fingerprint density at radius 1 is 0.833 bits per heavy atom. The highest BCUT2D eigenvalue weighted by atomic mass is 79.9. The van der Waals surface area contributed by atoms with Gasteiger partial charge in [0, 0.05) is 0 Å². The summed E-state index contributed by atoms with van der Waals surface area (Å²) >= 11 is 0. The van der Waals surface area contributed by atoms with Crippen molar-refractivity contribution in [2.45, 2.75) is 59.3 Å². The van der Waals surface area contributed by atoms with Gasteiger partial charge in [-0.1, -0.05) is 40.0 Å². The fourth-order valence-corrected chi connectivity index (χ4v) is 9.87. The summed E-state index contributed by atoms with van der Waals surface area (Å²) in [7, 11) is -3.88. The van der Waals surface area contributed by atoms with Crippen LogP contribution in [0.25, 0.3) is 0 Å². The third kappa shape index (κ3) is 7.01. The molecule has 0 aromatic carbocycles. The van der Waals surface area contributed by atoms with E-state index in [0.717, 1.165) is 57.0 Å². The largest absolute Gasteiger partial charge is 1.00 e. The van der Waals surface area contributed by atoms with Crippen molar-refractivity contribution in [3.05, 3.63) is 0 Å². The average Bonchev–Trinajstić information content (AvgIpc) is 2.27. The molecule has 3 nitrogen and oxygen atoms in total. The van der Waals surface area contributed by atoms with Crippen LogP contribution in [0.15, 0.2) is 0 Å². The van der Waals surface area contributed by atoms with Gasteiger partial charge in [-0.3, -0.25) is 9.79 Å². The van der Waals surface area contributed by atoms with Crippen molar-refractivity contribution >= 4 is 14.2 Å². The normalized spacial score (nSPS) is 12.3. The Balaban J connectivity index is 0. The lowest BCUT2D eigenvalue weighted by atomic mass is 10.4. The van der Waals surface area contributed by atoms with Gasteiger partial charge in [0.25, 0.3) is 0 Å². The van der Waals surface area contributed by atoms with Crippen LogP contribution < -0.4 is 17.0 Å². The minimum Gasteiger partial charge on any atom is -1.00 e. The highest BCUT2D eigenvalue weighted by Gasteiger charge is 2.52. The molecular formula is C12H29BrO3P2. The molecule has 6 heteroatoms. The molecule has 0 bridgehead atoms. The summed E-state index contributed by atoms with van der Waals surface area (Å²) in [6, 6.07) is 0. The van der Waals surface area contributed by atoms with E-state index in [4.69, 9.17) is 0 Å². The monoisotopic (exact) mass is 362 g/mol. The Hall–Kier alpha value is 1.06. The van der Waals surface area contributed by atoms with E-state index in [9.17, 15) is 14.4 Å². The molecule has 0 radical (unpaired) electrons. The van der Waals surface area contributed by atoms with Crippen LogP contribution >= 0.6 is 14.2 Å². The maximum Gasteiger partial charge on any atom is 0.464 e. The topological polar surface area (TPSA) is 57.5 Å². The molecule has 0 saturated carbocycles. The minimum absolute atomic E-state index is 0. The van der Waals surface area contributed by atoms with Crippen LogP contribution in [0.4, 0.5) is 0 Å². The molecule has 0 spiro atoms. The van der Waals surface area contributed by atoms with Crippen molar-refractivity contribution in [3.8, 4) is 0 Å². The molecule has 0 fully saturated rings. The summed E-state index contributed by atoms with van der Waals surface area (Å²) in [5.74, 6) is 0. The molecular weight excluding hydrogens is 334 g/mol. The van der Waals surface area contributed by atoms with E-state index in [2.05, 4.69) is 20.8 Å². The standard InChI is InChI=1S/C12H28O3P2.BrH/c1-4-7-10-16(11-8-5-2,12-9-6-3)17(13,14)15;/h4-12H2,1-3H3,(H-,13,14,15);1H. The van der Waals surface area contributed by atoms with Crippen molar-refractivity contribution < 1.29 is 31.3 Å². The molecule has 0 saturated heterocycles. The fourth-order valence-electron chi connectivity index (χ4n) is 2.08. The first-order valence-electron chi connectivity index (χ1n) is 6.85. The Morgan fingerprint density at radius 3 is 1.28 bits per heavy atom. The predicted molar refractivity (Wildman–Crippen MR) is 78.3 cm³/mol. The van der Waals surface area contributed by atoms with E-state index >= 15 is 0 Å². The van der Waals surface area contributed by atoms with Gasteiger partial charge in [-0.15, -0.1) is 0 Å². The number of unbranched alkanes of at least 4 members (excludes halogenated alkanes) is 3. The van der Waals surface area contributed by atoms with Crippen molar-refractivity contribution in [3.63, 3.8) is 0 Å². The van der Waals surface area contributed by atoms with Crippen LogP contribution in [0, 0.1) is 0 Å². The number of hydrogen-bond acceptors (Lipinski definition) is 1. The predicted octanol–water partition coefficient (Wildman–Crippen LogP) is 1.50. The summed E-state index contributed by atoms with van der Waals surface area (Å²) in [6.07, 6.45) is 8.33. The molecule has 0 aromatic heterocycles. The fraction of sp³-hybridized carbons (Fsp3) is 1.00. The van der Waals surface area contributed by atoms with Gasteiger partial charge < -0.3 is 17.0 Å². The van der Waals surface area contributed by atoms with Crippen molar-refractivity contribution in [1.82, 2.24) is 0 Å². The van der Waals surface area contributed by atoms with Gasteiger partial charge in [-0.2, -0.15) is 0 Å². The van der Waals surface area contributed by atoms with E-state index in [1.807, 2.05) is 0 Å². The molecule has 0 aliphatic carbocycles. The van der Waals surface area contributed by atoms with Gasteiger partial charge >= 0.3 is 7.28 Å². The Labute approximate surface area is 123 Å². The highest BCUT2D eigenvalue weighted by molar-refractivity contribution is 8.37. The number of halogens is 1. The van der Waals surface area contributed by atoms with Crippen LogP contribution in [0.2, 0.25) is 0 Å². The summed E-state index contributed by atoms with van der Waals surface area (Å²) in [5, 5.41) is 0. The van der Waals surface area contributed by atoms with Gasteiger partial charge in [0.1, 0.15) is 6.95 Å². The molecule has 0 rings (SSSR count). The molecule has 0 heterocycles. The van der Waals surface area contributed by atoms with Gasteiger partial charge in [-0.25, -0.2) is 4.57 Å². The average molecular weight is 363 g/mol. The molecule has 0 unspecified atom stereocenters. The smallest absolute Gasteiger partial charge is 0.464 e. The number of rotatable bonds is 10. The second-order valence-corrected chi connectivity index (χ2v) is 13.5. The Kier molecular flexibility index (Phi) is 12.8. The van der Waals surface area contributed by atoms with E-state index in [1.54, 1.807) is 0 Å². The first kappa shape index (κ1) is 21.4. The van der Waals surface area contributed by atoms with Crippen molar-refractivity contribution in [2.75, 3.05) is 18.5 Å². The molecule has 18 heavy (non-hydrogen) atoms. The SMILES string of the molecule is CCCC[P+](CCCC)(CCCC)P(=O)(O)O.[Br-]. The quantitative estimate of drug-likeness (QED) is 0.579. The summed E-state index contributed by atoms with van der Waals surface area (Å²) in [6.45, 7) is 4.21. The second-order valence-electron chi connectivity index (χ2n) is 4.84. The van der Waals surface area contributed by atoms with Gasteiger partial charge in [0.2, 0.25) is 0 Å². The zero-order valence-corrected chi connectivity index (χ0v) is 15.3. The van der Waals surface area contributed by atoms with E-state index in [0.29, 0.717) is 0 Å². The summed E-state index contributed by atoms with van der Waals surface area (Å²) in [5.41, 5.74) is 0.